The van der Waals surface area contributed by atoms with Crippen molar-refractivity contribution in [3.8, 4) is 0 Å². The van der Waals surface area contributed by atoms with E-state index >= 15 is 0 Å². The first-order valence-corrected chi connectivity index (χ1v) is 8.62. The summed E-state index contributed by atoms with van der Waals surface area (Å²) in [5, 5.41) is 3.24. The first-order chi connectivity index (χ1) is 12.8. The fourth-order valence-corrected chi connectivity index (χ4v) is 2.41. The number of rotatable bonds is 7. The van der Waals surface area contributed by atoms with E-state index in [2.05, 4.69) is 5.32 Å². The van der Waals surface area contributed by atoms with Gasteiger partial charge in [-0.3, -0.25) is 23.5 Å². The maximum atomic E-state index is 11.9. The van der Waals surface area contributed by atoms with E-state index in [-0.39, 0.29) is 18.9 Å². The van der Waals surface area contributed by atoms with Gasteiger partial charge in [-0.15, -0.1) is 0 Å². The zero-order valence-corrected chi connectivity index (χ0v) is 15.8. The Morgan fingerprint density at radius 2 is 1.78 bits per heavy atom. The number of aromatic nitrogens is 2. The number of ether oxygens (including phenoxy) is 1. The number of benzene rings is 1. The van der Waals surface area contributed by atoms with Gasteiger partial charge in [0.15, 0.2) is 0 Å². The summed E-state index contributed by atoms with van der Waals surface area (Å²) >= 11 is 5.77. The van der Waals surface area contributed by atoms with E-state index < -0.39 is 17.2 Å². The highest BCUT2D eigenvalue weighted by Crippen LogP contribution is 2.09. The van der Waals surface area contributed by atoms with Crippen LogP contribution in [0, 0.1) is 0 Å². The molecule has 8 nitrogen and oxygen atoms in total. The van der Waals surface area contributed by atoms with Crippen LogP contribution in [0.2, 0.25) is 5.02 Å². The second-order valence-corrected chi connectivity index (χ2v) is 6.34. The molecule has 0 aliphatic rings. The highest BCUT2D eigenvalue weighted by Gasteiger charge is 2.10. The lowest BCUT2D eigenvalue weighted by Gasteiger charge is -2.10. The molecule has 0 fully saturated rings. The number of amides is 1. The van der Waals surface area contributed by atoms with Crippen LogP contribution >= 0.6 is 11.6 Å². The summed E-state index contributed by atoms with van der Waals surface area (Å²) in [4.78, 5) is 47.1. The molecule has 1 heterocycles. The van der Waals surface area contributed by atoms with E-state index in [0.29, 0.717) is 29.2 Å². The SMILES string of the molecule is Cn1c(COC(=O)CCCNC(=O)c2ccc(Cl)cc2)cc(=O)n(C)c1=O. The zero-order chi connectivity index (χ0) is 20.0. The average Bonchev–Trinajstić information content (AvgIpc) is 2.65. The Morgan fingerprint density at radius 1 is 1.11 bits per heavy atom. The fourth-order valence-electron chi connectivity index (χ4n) is 2.28. The van der Waals surface area contributed by atoms with Gasteiger partial charge in [-0.2, -0.15) is 0 Å². The van der Waals surface area contributed by atoms with Crippen molar-refractivity contribution in [2.24, 2.45) is 14.1 Å². The molecule has 0 aliphatic heterocycles. The van der Waals surface area contributed by atoms with E-state index in [0.717, 1.165) is 4.57 Å². The molecule has 2 aromatic rings. The van der Waals surface area contributed by atoms with Crippen molar-refractivity contribution < 1.29 is 14.3 Å². The summed E-state index contributed by atoms with van der Waals surface area (Å²) in [5.74, 6) is -0.737. The van der Waals surface area contributed by atoms with Gasteiger partial charge in [-0.05, 0) is 30.7 Å². The minimum Gasteiger partial charge on any atom is -0.459 e. The van der Waals surface area contributed by atoms with Crippen LogP contribution in [0.15, 0.2) is 39.9 Å². The monoisotopic (exact) mass is 393 g/mol. The molecule has 0 bridgehead atoms. The molecular formula is C18H20ClN3O5. The molecule has 1 amide bonds. The zero-order valence-electron chi connectivity index (χ0n) is 15.0. The van der Waals surface area contributed by atoms with Crippen LogP contribution < -0.4 is 16.6 Å². The summed E-state index contributed by atoms with van der Waals surface area (Å²) in [5.41, 5.74) is -0.159. The lowest BCUT2D eigenvalue weighted by atomic mass is 10.2. The van der Waals surface area contributed by atoms with Gasteiger partial charge in [-0.1, -0.05) is 11.6 Å². The number of carbonyl (C=O) groups excluding carboxylic acids is 2. The summed E-state index contributed by atoms with van der Waals surface area (Å²) < 4.78 is 7.31. The second kappa shape index (κ2) is 9.18. The molecule has 0 spiro atoms. The molecular weight excluding hydrogens is 374 g/mol. The number of carbonyl (C=O) groups is 2. The maximum Gasteiger partial charge on any atom is 0.330 e. The van der Waals surface area contributed by atoms with Crippen molar-refractivity contribution in [2.45, 2.75) is 19.4 Å². The van der Waals surface area contributed by atoms with Gasteiger partial charge in [0.25, 0.3) is 11.5 Å². The number of hydrogen-bond acceptors (Lipinski definition) is 5. The molecule has 1 N–H and O–H groups in total. The number of halogens is 1. The molecule has 1 aromatic carbocycles. The summed E-state index contributed by atoms with van der Waals surface area (Å²) in [6.45, 7) is 0.138. The minimum atomic E-state index is -0.488. The van der Waals surface area contributed by atoms with Gasteiger partial charge in [0.05, 0.1) is 5.69 Å². The van der Waals surface area contributed by atoms with Crippen LogP contribution in [0.3, 0.4) is 0 Å². The summed E-state index contributed by atoms with van der Waals surface area (Å²) in [7, 11) is 2.87. The Bertz CT molecular complexity index is 947. The first kappa shape index (κ1) is 20.4. The normalized spacial score (nSPS) is 10.5. The van der Waals surface area contributed by atoms with Crippen molar-refractivity contribution in [3.05, 3.63) is 67.4 Å². The smallest absolute Gasteiger partial charge is 0.330 e. The Hall–Kier alpha value is -2.87. The molecule has 2 rings (SSSR count). The van der Waals surface area contributed by atoms with Gasteiger partial charge >= 0.3 is 11.7 Å². The molecule has 0 atom stereocenters. The van der Waals surface area contributed by atoms with Crippen molar-refractivity contribution >= 4 is 23.5 Å². The third kappa shape index (κ3) is 5.55. The predicted octanol–water partition coefficient (Wildman–Crippen LogP) is 0.991. The van der Waals surface area contributed by atoms with Gasteiger partial charge < -0.3 is 10.1 Å². The van der Waals surface area contributed by atoms with E-state index in [4.69, 9.17) is 16.3 Å². The third-order valence-corrected chi connectivity index (χ3v) is 4.21. The summed E-state index contributed by atoms with van der Waals surface area (Å²) in [6.07, 6.45) is 0.493. The molecule has 27 heavy (non-hydrogen) atoms. The van der Waals surface area contributed by atoms with Crippen LogP contribution in [0.5, 0.6) is 0 Å². The highest BCUT2D eigenvalue weighted by atomic mass is 35.5. The van der Waals surface area contributed by atoms with Gasteiger partial charge in [0, 0.05) is 43.7 Å². The fraction of sp³-hybridized carbons (Fsp3) is 0.333. The molecule has 9 heteroatoms. The number of nitrogens with one attached hydrogen (secondary N) is 1. The molecule has 0 saturated carbocycles. The van der Waals surface area contributed by atoms with E-state index in [1.807, 2.05) is 0 Å². The lowest BCUT2D eigenvalue weighted by Crippen LogP contribution is -2.38. The third-order valence-electron chi connectivity index (χ3n) is 3.96. The van der Waals surface area contributed by atoms with E-state index in [1.165, 1.54) is 24.7 Å². The van der Waals surface area contributed by atoms with Gasteiger partial charge in [0.1, 0.15) is 6.61 Å². The van der Waals surface area contributed by atoms with Crippen LogP contribution in [-0.2, 0) is 30.2 Å². The Kier molecular flexibility index (Phi) is 6.95. The largest absolute Gasteiger partial charge is 0.459 e. The Labute approximate surface area is 160 Å². The standard InChI is InChI=1S/C18H20ClN3O5/c1-21-14(10-15(23)22(2)18(21)26)11-27-16(24)4-3-9-20-17(25)12-5-7-13(19)8-6-12/h5-8,10H,3-4,9,11H2,1-2H3,(H,20,25). The lowest BCUT2D eigenvalue weighted by molar-refractivity contribution is -0.145. The summed E-state index contributed by atoms with van der Waals surface area (Å²) in [6, 6.07) is 7.72. The average molecular weight is 394 g/mol. The van der Waals surface area contributed by atoms with E-state index in [1.54, 1.807) is 24.3 Å². The van der Waals surface area contributed by atoms with Crippen molar-refractivity contribution in [3.63, 3.8) is 0 Å². The predicted molar refractivity (Wildman–Crippen MR) is 99.7 cm³/mol. The van der Waals surface area contributed by atoms with Crippen LogP contribution in [0.4, 0.5) is 0 Å². The van der Waals surface area contributed by atoms with Crippen LogP contribution in [0.1, 0.15) is 28.9 Å². The molecule has 0 unspecified atom stereocenters. The number of esters is 1. The van der Waals surface area contributed by atoms with E-state index in [9.17, 15) is 19.2 Å². The molecule has 0 aliphatic carbocycles. The number of hydrogen-bond donors (Lipinski definition) is 1. The number of nitrogens with zero attached hydrogens (tertiary/aromatic N) is 2. The Morgan fingerprint density at radius 3 is 2.44 bits per heavy atom. The second-order valence-electron chi connectivity index (χ2n) is 5.90. The molecule has 0 saturated heterocycles. The Balaban J connectivity index is 1.75. The molecule has 0 radical (unpaired) electrons. The van der Waals surface area contributed by atoms with Crippen molar-refractivity contribution in [1.29, 1.82) is 0 Å². The minimum absolute atomic E-state index is 0.0969. The highest BCUT2D eigenvalue weighted by molar-refractivity contribution is 6.30. The maximum absolute atomic E-state index is 11.9. The topological polar surface area (TPSA) is 99.4 Å². The van der Waals surface area contributed by atoms with Crippen molar-refractivity contribution in [1.82, 2.24) is 14.5 Å². The first-order valence-electron chi connectivity index (χ1n) is 8.25. The van der Waals surface area contributed by atoms with Crippen LogP contribution in [0.25, 0.3) is 0 Å². The van der Waals surface area contributed by atoms with Crippen LogP contribution in [-0.4, -0.2) is 27.6 Å². The van der Waals surface area contributed by atoms with Gasteiger partial charge in [-0.25, -0.2) is 4.79 Å². The van der Waals surface area contributed by atoms with Crippen molar-refractivity contribution in [2.75, 3.05) is 6.54 Å². The van der Waals surface area contributed by atoms with Gasteiger partial charge in [0.2, 0.25) is 0 Å². The molecule has 144 valence electrons. The quantitative estimate of drug-likeness (QED) is 0.558. The molecule has 1 aromatic heterocycles.